The minimum atomic E-state index is -4.83. The van der Waals surface area contributed by atoms with Crippen molar-refractivity contribution >= 4 is 17.6 Å². The molecule has 2 fully saturated rings. The van der Waals surface area contributed by atoms with Crippen LogP contribution in [0.4, 0.5) is 23.2 Å². The topological polar surface area (TPSA) is 70.1 Å². The second kappa shape index (κ2) is 9.38. The van der Waals surface area contributed by atoms with Crippen molar-refractivity contribution in [2.24, 2.45) is 5.92 Å². The number of fused-ring (bicyclic) bond motifs is 2. The Kier molecular flexibility index (Phi) is 6.40. The third-order valence-corrected chi connectivity index (χ3v) is 7.33. The number of carboxylic acid groups (broad SMARTS) is 1. The molecule has 1 heterocycles. The number of hydrogen-bond acceptors (Lipinski definition) is 4. The van der Waals surface area contributed by atoms with E-state index < -0.39 is 29.8 Å². The Balaban J connectivity index is 1.46. The predicted octanol–water partition coefficient (Wildman–Crippen LogP) is 5.53. The summed E-state index contributed by atoms with van der Waals surface area (Å²) in [5, 5.41) is 9.09. The summed E-state index contributed by atoms with van der Waals surface area (Å²) in [6.45, 7) is 0.607. The standard InChI is InChI=1S/C26H26F4N2O4/c27-16-5-10-20-22(14-16)32(25(35)15-3-8-18(9-4-15)36-26(28,29)30)21-12-11-19(21)24(20)31(17-6-7-17)13-1-2-23(33)34/h3-5,8-10,14,17,19,21,24H,1-2,6-7,11-13H2,(H,33,34)/t19-,21+,24+/m0/s1. The molecule has 0 bridgehead atoms. The van der Waals surface area contributed by atoms with Gasteiger partial charge in [-0.15, -0.1) is 13.2 Å². The molecule has 2 aromatic carbocycles. The zero-order valence-electron chi connectivity index (χ0n) is 19.4. The highest BCUT2D eigenvalue weighted by atomic mass is 19.4. The van der Waals surface area contributed by atoms with E-state index in [1.807, 2.05) is 0 Å². The number of rotatable bonds is 8. The van der Waals surface area contributed by atoms with Gasteiger partial charge in [0.15, 0.2) is 0 Å². The Morgan fingerprint density at radius 3 is 2.36 bits per heavy atom. The largest absolute Gasteiger partial charge is 0.573 e. The predicted molar refractivity (Wildman–Crippen MR) is 122 cm³/mol. The van der Waals surface area contributed by atoms with E-state index in [0.29, 0.717) is 24.7 Å². The van der Waals surface area contributed by atoms with Crippen LogP contribution in [0.2, 0.25) is 0 Å². The van der Waals surface area contributed by atoms with E-state index in [4.69, 9.17) is 5.11 Å². The summed E-state index contributed by atoms with van der Waals surface area (Å²) in [5.74, 6) is -2.06. The van der Waals surface area contributed by atoms with Gasteiger partial charge >= 0.3 is 12.3 Å². The number of carboxylic acids is 1. The number of hydrogen-bond donors (Lipinski definition) is 1. The molecular formula is C26H26F4N2O4. The number of halogens is 4. The van der Waals surface area contributed by atoms with Crippen molar-refractivity contribution in [1.82, 2.24) is 4.90 Å². The van der Waals surface area contributed by atoms with Crippen molar-refractivity contribution in [3.63, 3.8) is 0 Å². The molecule has 0 spiro atoms. The molecule has 10 heteroatoms. The summed E-state index contributed by atoms with van der Waals surface area (Å²) in [5.41, 5.74) is 1.47. The average molecular weight is 506 g/mol. The molecule has 1 aliphatic heterocycles. The maximum atomic E-state index is 14.4. The van der Waals surface area contributed by atoms with Crippen molar-refractivity contribution in [2.75, 3.05) is 11.4 Å². The fourth-order valence-electron chi connectivity index (χ4n) is 5.57. The van der Waals surface area contributed by atoms with Crippen LogP contribution in [0.3, 0.4) is 0 Å². The van der Waals surface area contributed by atoms with Gasteiger partial charge in [0.2, 0.25) is 0 Å². The second-order valence-corrected chi connectivity index (χ2v) is 9.67. The summed E-state index contributed by atoms with van der Waals surface area (Å²) in [6.07, 6.45) is -0.619. The number of amides is 1. The molecule has 0 unspecified atom stereocenters. The maximum Gasteiger partial charge on any atom is 0.573 e. The first-order chi connectivity index (χ1) is 17.1. The van der Waals surface area contributed by atoms with Gasteiger partial charge in [-0.3, -0.25) is 14.5 Å². The van der Waals surface area contributed by atoms with E-state index in [2.05, 4.69) is 9.64 Å². The molecule has 2 aliphatic carbocycles. The van der Waals surface area contributed by atoms with Gasteiger partial charge in [-0.25, -0.2) is 4.39 Å². The summed E-state index contributed by atoms with van der Waals surface area (Å²) in [6, 6.07) is 9.29. The van der Waals surface area contributed by atoms with E-state index in [1.54, 1.807) is 11.0 Å². The number of ether oxygens (including phenoxy) is 1. The molecule has 0 aromatic heterocycles. The number of anilines is 1. The van der Waals surface area contributed by atoms with Crippen LogP contribution in [0.1, 0.15) is 60.5 Å². The highest BCUT2D eigenvalue weighted by molar-refractivity contribution is 6.07. The Morgan fingerprint density at radius 1 is 1.06 bits per heavy atom. The Labute approximate surface area is 205 Å². The van der Waals surface area contributed by atoms with Crippen LogP contribution < -0.4 is 9.64 Å². The van der Waals surface area contributed by atoms with Crippen LogP contribution in [0.15, 0.2) is 42.5 Å². The Morgan fingerprint density at radius 2 is 1.78 bits per heavy atom. The Bertz CT molecular complexity index is 1150. The second-order valence-electron chi connectivity index (χ2n) is 9.67. The van der Waals surface area contributed by atoms with E-state index >= 15 is 0 Å². The van der Waals surface area contributed by atoms with Crippen LogP contribution in [0.5, 0.6) is 5.75 Å². The quantitative estimate of drug-likeness (QED) is 0.477. The first-order valence-corrected chi connectivity index (χ1v) is 12.1. The lowest BCUT2D eigenvalue weighted by atomic mass is 9.67. The van der Waals surface area contributed by atoms with Crippen molar-refractivity contribution in [2.45, 2.75) is 63.0 Å². The minimum Gasteiger partial charge on any atom is -0.481 e. The summed E-state index contributed by atoms with van der Waals surface area (Å²) < 4.78 is 55.9. The van der Waals surface area contributed by atoms with Crippen molar-refractivity contribution in [3.05, 3.63) is 59.4 Å². The van der Waals surface area contributed by atoms with E-state index in [9.17, 15) is 27.2 Å². The molecule has 0 saturated heterocycles. The van der Waals surface area contributed by atoms with E-state index in [-0.39, 0.29) is 30.0 Å². The van der Waals surface area contributed by atoms with Crippen LogP contribution >= 0.6 is 0 Å². The number of aliphatic carboxylic acids is 1. The molecule has 3 atom stereocenters. The zero-order chi connectivity index (χ0) is 25.6. The van der Waals surface area contributed by atoms with Crippen molar-refractivity contribution in [1.29, 1.82) is 0 Å². The van der Waals surface area contributed by atoms with Gasteiger partial charge in [-0.2, -0.15) is 0 Å². The monoisotopic (exact) mass is 506 g/mol. The zero-order valence-corrected chi connectivity index (χ0v) is 19.4. The number of carbonyl (C=O) groups is 2. The molecule has 0 radical (unpaired) electrons. The smallest absolute Gasteiger partial charge is 0.481 e. The number of carbonyl (C=O) groups excluding carboxylic acids is 1. The fourth-order valence-corrected chi connectivity index (χ4v) is 5.57. The first-order valence-electron chi connectivity index (χ1n) is 12.1. The highest BCUT2D eigenvalue weighted by Gasteiger charge is 2.52. The van der Waals surface area contributed by atoms with Crippen LogP contribution in [-0.2, 0) is 4.79 Å². The highest BCUT2D eigenvalue weighted by Crippen LogP contribution is 2.54. The van der Waals surface area contributed by atoms with Gasteiger partial charge in [-0.05, 0) is 86.5 Å². The molecule has 192 valence electrons. The lowest BCUT2D eigenvalue weighted by Gasteiger charge is -2.55. The lowest BCUT2D eigenvalue weighted by Crippen LogP contribution is -2.58. The van der Waals surface area contributed by atoms with Crippen LogP contribution in [0, 0.1) is 11.7 Å². The van der Waals surface area contributed by atoms with E-state index in [0.717, 1.165) is 43.4 Å². The van der Waals surface area contributed by atoms with Crippen LogP contribution in [0.25, 0.3) is 0 Å². The summed E-state index contributed by atoms with van der Waals surface area (Å²) in [4.78, 5) is 28.6. The van der Waals surface area contributed by atoms with Gasteiger partial charge in [0.1, 0.15) is 11.6 Å². The van der Waals surface area contributed by atoms with E-state index in [1.165, 1.54) is 24.3 Å². The molecule has 2 saturated carbocycles. The number of nitrogens with zero attached hydrogens (tertiary/aromatic N) is 2. The number of benzene rings is 2. The molecule has 2 aromatic rings. The number of alkyl halides is 3. The fraction of sp³-hybridized carbons (Fsp3) is 0.462. The molecule has 36 heavy (non-hydrogen) atoms. The third-order valence-electron chi connectivity index (χ3n) is 7.33. The molecule has 3 aliphatic rings. The molecule has 6 nitrogen and oxygen atoms in total. The normalized spacial score (nSPS) is 23.0. The van der Waals surface area contributed by atoms with Gasteiger partial charge in [0.25, 0.3) is 5.91 Å². The summed E-state index contributed by atoms with van der Waals surface area (Å²) in [7, 11) is 0. The lowest BCUT2D eigenvalue weighted by molar-refractivity contribution is -0.274. The summed E-state index contributed by atoms with van der Waals surface area (Å²) >= 11 is 0. The molecule has 5 rings (SSSR count). The van der Waals surface area contributed by atoms with Crippen molar-refractivity contribution in [3.8, 4) is 5.75 Å². The maximum absolute atomic E-state index is 14.4. The van der Waals surface area contributed by atoms with Gasteiger partial charge < -0.3 is 14.7 Å². The average Bonchev–Trinajstić information content (AvgIpc) is 3.62. The Hall–Kier alpha value is -3.14. The van der Waals surface area contributed by atoms with Gasteiger partial charge in [0.05, 0.1) is 5.69 Å². The first kappa shape index (κ1) is 24.5. The van der Waals surface area contributed by atoms with Gasteiger partial charge in [0, 0.05) is 30.1 Å². The SMILES string of the molecule is O=C(O)CCCN(C1CC1)[C@H]1c2ccc(F)cc2N(C(=O)c2ccc(OC(F)(F)F)cc2)[C@@H]2CC[C@@H]21. The van der Waals surface area contributed by atoms with Crippen LogP contribution in [-0.4, -0.2) is 46.9 Å². The van der Waals surface area contributed by atoms with Gasteiger partial charge in [-0.1, -0.05) is 6.07 Å². The molecular weight excluding hydrogens is 480 g/mol. The minimum absolute atomic E-state index is 0.0488. The molecule has 1 amide bonds. The van der Waals surface area contributed by atoms with Crippen molar-refractivity contribution < 1.29 is 37.0 Å². The third kappa shape index (κ3) is 4.91. The molecule has 1 N–H and O–H groups in total.